The number of hydrogen-bond acceptors (Lipinski definition) is 2. The van der Waals surface area contributed by atoms with Crippen molar-refractivity contribution in [3.63, 3.8) is 0 Å². The molecule has 1 N–H and O–H groups in total. The fourth-order valence-electron chi connectivity index (χ4n) is 1.92. The number of aliphatic carboxylic acids is 1. The van der Waals surface area contributed by atoms with Crippen molar-refractivity contribution in [2.75, 3.05) is 7.11 Å². The van der Waals surface area contributed by atoms with E-state index in [1.54, 1.807) is 13.2 Å². The first-order valence-electron chi connectivity index (χ1n) is 5.86. The zero-order chi connectivity index (χ0) is 13.7. The van der Waals surface area contributed by atoms with Gasteiger partial charge in [0.15, 0.2) is 0 Å². The summed E-state index contributed by atoms with van der Waals surface area (Å²) in [6.45, 7) is 0. The van der Waals surface area contributed by atoms with Gasteiger partial charge in [-0.15, -0.1) is 0 Å². The highest BCUT2D eigenvalue weighted by Gasteiger charge is 2.08. The zero-order valence-corrected chi connectivity index (χ0v) is 10.5. The van der Waals surface area contributed by atoms with Gasteiger partial charge in [-0.3, -0.25) is 0 Å². The van der Waals surface area contributed by atoms with Crippen LogP contribution in [-0.2, 0) is 4.79 Å². The summed E-state index contributed by atoms with van der Waals surface area (Å²) < 4.78 is 5.30. The summed E-state index contributed by atoms with van der Waals surface area (Å²) in [6.07, 6.45) is 2.67. The molecule has 0 bridgehead atoms. The second kappa shape index (κ2) is 5.87. The third kappa shape index (κ3) is 3.01. The van der Waals surface area contributed by atoms with E-state index in [1.165, 1.54) is 0 Å². The van der Waals surface area contributed by atoms with Gasteiger partial charge in [0.25, 0.3) is 0 Å². The van der Waals surface area contributed by atoms with Crippen LogP contribution in [0.1, 0.15) is 5.56 Å². The fraction of sp³-hybridized carbons (Fsp3) is 0.0625. The Balaban J connectivity index is 2.57. The summed E-state index contributed by atoms with van der Waals surface area (Å²) in [5.74, 6) is -0.330. The van der Waals surface area contributed by atoms with E-state index >= 15 is 0 Å². The molecule has 2 aromatic carbocycles. The van der Waals surface area contributed by atoms with Crippen molar-refractivity contribution in [3.05, 3.63) is 60.2 Å². The van der Waals surface area contributed by atoms with E-state index in [1.807, 2.05) is 48.5 Å². The van der Waals surface area contributed by atoms with E-state index in [-0.39, 0.29) is 0 Å². The van der Waals surface area contributed by atoms with Crippen molar-refractivity contribution < 1.29 is 14.6 Å². The SMILES string of the molecule is COc1cccc(-c2ccccc2)c1/C=C/C(=O)O. The fourth-order valence-corrected chi connectivity index (χ4v) is 1.92. The molecule has 0 fully saturated rings. The Morgan fingerprint density at radius 3 is 2.47 bits per heavy atom. The van der Waals surface area contributed by atoms with Gasteiger partial charge in [0.1, 0.15) is 5.75 Å². The highest BCUT2D eigenvalue weighted by Crippen LogP contribution is 2.31. The summed E-state index contributed by atoms with van der Waals surface area (Å²) in [7, 11) is 1.57. The summed E-state index contributed by atoms with van der Waals surface area (Å²) in [6, 6.07) is 15.4. The van der Waals surface area contributed by atoms with Crippen molar-refractivity contribution in [1.82, 2.24) is 0 Å². The molecule has 19 heavy (non-hydrogen) atoms. The highest BCUT2D eigenvalue weighted by molar-refractivity contribution is 5.89. The molecule has 3 heteroatoms. The van der Waals surface area contributed by atoms with E-state index in [0.29, 0.717) is 5.75 Å². The van der Waals surface area contributed by atoms with Crippen LogP contribution in [0.4, 0.5) is 0 Å². The summed E-state index contributed by atoms with van der Waals surface area (Å²) >= 11 is 0. The Morgan fingerprint density at radius 1 is 1.11 bits per heavy atom. The maximum absolute atomic E-state index is 10.7. The minimum absolute atomic E-state index is 0.652. The second-order valence-electron chi connectivity index (χ2n) is 3.96. The van der Waals surface area contributed by atoms with E-state index in [2.05, 4.69) is 0 Å². The predicted octanol–water partition coefficient (Wildman–Crippen LogP) is 3.46. The van der Waals surface area contributed by atoms with Gasteiger partial charge in [-0.2, -0.15) is 0 Å². The van der Waals surface area contributed by atoms with Crippen molar-refractivity contribution in [1.29, 1.82) is 0 Å². The number of hydrogen-bond donors (Lipinski definition) is 1. The standard InChI is InChI=1S/C16H14O3/c1-19-15-9-5-8-13(12-6-3-2-4-7-12)14(15)10-11-16(17)18/h2-11H,1H3,(H,17,18)/b11-10+. The van der Waals surface area contributed by atoms with E-state index < -0.39 is 5.97 Å². The molecule has 0 amide bonds. The smallest absolute Gasteiger partial charge is 0.328 e. The van der Waals surface area contributed by atoms with Gasteiger partial charge >= 0.3 is 5.97 Å². The Morgan fingerprint density at radius 2 is 1.84 bits per heavy atom. The molecule has 0 aliphatic heterocycles. The number of carboxylic acid groups (broad SMARTS) is 1. The van der Waals surface area contributed by atoms with Gasteiger partial charge in [0.2, 0.25) is 0 Å². The van der Waals surface area contributed by atoms with Crippen LogP contribution in [0.2, 0.25) is 0 Å². The average molecular weight is 254 g/mol. The van der Waals surface area contributed by atoms with Crippen LogP contribution in [0.5, 0.6) is 5.75 Å². The molecule has 0 saturated heterocycles. The van der Waals surface area contributed by atoms with Crippen LogP contribution in [0.3, 0.4) is 0 Å². The third-order valence-corrected chi connectivity index (χ3v) is 2.76. The molecule has 2 rings (SSSR count). The van der Waals surface area contributed by atoms with Crippen molar-refractivity contribution in [2.45, 2.75) is 0 Å². The van der Waals surface area contributed by atoms with Crippen LogP contribution in [0, 0.1) is 0 Å². The van der Waals surface area contributed by atoms with Crippen LogP contribution in [0.15, 0.2) is 54.6 Å². The Labute approximate surface area is 111 Å². The lowest BCUT2D eigenvalue weighted by atomic mass is 9.98. The lowest BCUT2D eigenvalue weighted by molar-refractivity contribution is -0.131. The normalized spacial score (nSPS) is 10.6. The largest absolute Gasteiger partial charge is 0.496 e. The van der Waals surface area contributed by atoms with Crippen molar-refractivity contribution >= 4 is 12.0 Å². The molecule has 3 nitrogen and oxygen atoms in total. The molecular weight excluding hydrogens is 240 g/mol. The molecule has 0 spiro atoms. The monoisotopic (exact) mass is 254 g/mol. The first kappa shape index (κ1) is 12.9. The van der Waals surface area contributed by atoms with E-state index in [0.717, 1.165) is 22.8 Å². The van der Waals surface area contributed by atoms with Gasteiger partial charge < -0.3 is 9.84 Å². The number of methoxy groups -OCH3 is 1. The second-order valence-corrected chi connectivity index (χ2v) is 3.96. The minimum atomic E-state index is -0.982. The van der Waals surface area contributed by atoms with Gasteiger partial charge in [-0.05, 0) is 23.3 Å². The molecule has 0 atom stereocenters. The molecule has 0 aliphatic rings. The number of carbonyl (C=O) groups is 1. The van der Waals surface area contributed by atoms with E-state index in [9.17, 15) is 4.79 Å². The molecular formula is C16H14O3. The Kier molecular flexibility index (Phi) is 3.98. The molecule has 96 valence electrons. The van der Waals surface area contributed by atoms with Crippen LogP contribution in [-0.4, -0.2) is 18.2 Å². The number of benzene rings is 2. The highest BCUT2D eigenvalue weighted by atomic mass is 16.5. The molecule has 2 aromatic rings. The number of rotatable bonds is 4. The Bertz CT molecular complexity index is 601. The average Bonchev–Trinajstić information content (AvgIpc) is 2.45. The van der Waals surface area contributed by atoms with Gasteiger partial charge in [0, 0.05) is 11.6 Å². The molecule has 0 radical (unpaired) electrons. The zero-order valence-electron chi connectivity index (χ0n) is 10.5. The van der Waals surface area contributed by atoms with Crippen LogP contribution in [0.25, 0.3) is 17.2 Å². The van der Waals surface area contributed by atoms with Crippen molar-refractivity contribution in [3.8, 4) is 16.9 Å². The lowest BCUT2D eigenvalue weighted by Crippen LogP contribution is -1.92. The quantitative estimate of drug-likeness (QED) is 0.850. The predicted molar refractivity (Wildman–Crippen MR) is 75.1 cm³/mol. The Hall–Kier alpha value is -2.55. The van der Waals surface area contributed by atoms with Crippen LogP contribution >= 0.6 is 0 Å². The summed E-state index contributed by atoms with van der Waals surface area (Å²) in [4.78, 5) is 10.7. The number of ether oxygens (including phenoxy) is 1. The lowest BCUT2D eigenvalue weighted by Gasteiger charge is -2.11. The molecule has 0 unspecified atom stereocenters. The van der Waals surface area contributed by atoms with Gasteiger partial charge in [-0.25, -0.2) is 4.79 Å². The minimum Gasteiger partial charge on any atom is -0.496 e. The first-order chi connectivity index (χ1) is 9.22. The van der Waals surface area contributed by atoms with Crippen molar-refractivity contribution in [2.24, 2.45) is 0 Å². The van der Waals surface area contributed by atoms with E-state index in [4.69, 9.17) is 9.84 Å². The first-order valence-corrected chi connectivity index (χ1v) is 5.86. The molecule has 0 aromatic heterocycles. The molecule has 0 saturated carbocycles. The molecule has 0 aliphatic carbocycles. The summed E-state index contributed by atoms with van der Waals surface area (Å²) in [5.41, 5.74) is 2.72. The molecule has 0 heterocycles. The maximum Gasteiger partial charge on any atom is 0.328 e. The van der Waals surface area contributed by atoms with Gasteiger partial charge in [-0.1, -0.05) is 42.5 Å². The summed E-state index contributed by atoms with van der Waals surface area (Å²) in [5, 5.41) is 8.77. The number of carboxylic acids is 1. The van der Waals surface area contributed by atoms with Gasteiger partial charge in [0.05, 0.1) is 7.11 Å². The topological polar surface area (TPSA) is 46.5 Å². The maximum atomic E-state index is 10.7. The third-order valence-electron chi connectivity index (χ3n) is 2.76. The van der Waals surface area contributed by atoms with Crippen LogP contribution < -0.4 is 4.74 Å².